The molecular formula is C13H16N2. The maximum Gasteiger partial charge on any atom is 0.0462 e. The van der Waals surface area contributed by atoms with Gasteiger partial charge in [-0.15, -0.1) is 0 Å². The highest BCUT2D eigenvalue weighted by atomic mass is 14.9. The molecule has 78 valence electrons. The molecule has 1 aliphatic rings. The number of fused-ring (bicyclic) bond motifs is 3. The smallest absolute Gasteiger partial charge is 0.0462 e. The van der Waals surface area contributed by atoms with E-state index < -0.39 is 0 Å². The molecule has 3 rings (SSSR count). The Morgan fingerprint density at radius 1 is 1.33 bits per heavy atom. The Hall–Kier alpha value is -1.28. The summed E-state index contributed by atoms with van der Waals surface area (Å²) < 4.78 is 0. The summed E-state index contributed by atoms with van der Waals surface area (Å²) in [5.74, 6) is 0. The largest absolute Gasteiger partial charge is 0.358 e. The maximum absolute atomic E-state index is 3.55. The molecule has 2 heterocycles. The molecule has 1 aromatic heterocycles. The molecule has 0 radical (unpaired) electrons. The van der Waals surface area contributed by atoms with Crippen molar-refractivity contribution < 1.29 is 0 Å². The minimum atomic E-state index is 1.01. The number of aromatic amines is 1. The zero-order valence-electron chi connectivity index (χ0n) is 9.06. The van der Waals surface area contributed by atoms with Crippen molar-refractivity contribution in [3.05, 3.63) is 35.0 Å². The average molecular weight is 200 g/mol. The average Bonchev–Trinajstić information content (AvgIpc) is 2.66. The predicted molar refractivity (Wildman–Crippen MR) is 63.1 cm³/mol. The van der Waals surface area contributed by atoms with E-state index >= 15 is 0 Å². The number of benzene rings is 1. The summed E-state index contributed by atoms with van der Waals surface area (Å²) in [4.78, 5) is 3.55. The number of aromatic nitrogens is 1. The summed E-state index contributed by atoms with van der Waals surface area (Å²) in [7, 11) is 0. The van der Waals surface area contributed by atoms with Crippen LogP contribution in [0.15, 0.2) is 18.2 Å². The first-order valence-corrected chi connectivity index (χ1v) is 5.71. The van der Waals surface area contributed by atoms with E-state index in [1.54, 1.807) is 0 Å². The number of H-pyrrole nitrogens is 1. The third kappa shape index (κ3) is 1.37. The van der Waals surface area contributed by atoms with Crippen LogP contribution in [-0.2, 0) is 19.4 Å². The molecule has 2 N–H and O–H groups in total. The van der Waals surface area contributed by atoms with E-state index in [1.165, 1.54) is 27.7 Å². The van der Waals surface area contributed by atoms with Gasteiger partial charge in [0, 0.05) is 36.1 Å². The van der Waals surface area contributed by atoms with Gasteiger partial charge in [-0.2, -0.15) is 0 Å². The van der Waals surface area contributed by atoms with E-state index in [2.05, 4.69) is 35.4 Å². The standard InChI is InChI=1S/C13H16N2/c1-2-9-3-4-10-11-8-14-6-5-12(11)15-13(10)7-9/h3-4,7,14-15H,2,5-6,8H2,1H3. The Morgan fingerprint density at radius 3 is 3.13 bits per heavy atom. The fourth-order valence-corrected chi connectivity index (χ4v) is 2.42. The van der Waals surface area contributed by atoms with Crippen molar-refractivity contribution in [2.45, 2.75) is 26.3 Å². The Labute approximate surface area is 89.7 Å². The van der Waals surface area contributed by atoms with E-state index in [0.717, 1.165) is 25.9 Å². The lowest BCUT2D eigenvalue weighted by molar-refractivity contribution is 0.641. The number of nitrogens with one attached hydrogen (secondary N) is 2. The molecule has 1 aliphatic heterocycles. The Kier molecular flexibility index (Phi) is 2.03. The van der Waals surface area contributed by atoms with Crippen molar-refractivity contribution in [3.63, 3.8) is 0 Å². The second kappa shape index (κ2) is 3.38. The molecule has 15 heavy (non-hydrogen) atoms. The Bertz CT molecular complexity index is 496. The van der Waals surface area contributed by atoms with Crippen molar-refractivity contribution in [1.29, 1.82) is 0 Å². The second-order valence-corrected chi connectivity index (χ2v) is 4.24. The van der Waals surface area contributed by atoms with Crippen LogP contribution in [0.2, 0.25) is 0 Å². The first-order valence-electron chi connectivity index (χ1n) is 5.71. The summed E-state index contributed by atoms with van der Waals surface area (Å²) in [6, 6.07) is 6.79. The van der Waals surface area contributed by atoms with E-state index in [0.29, 0.717) is 0 Å². The normalized spacial score (nSPS) is 15.5. The van der Waals surface area contributed by atoms with Crippen molar-refractivity contribution in [2.24, 2.45) is 0 Å². The van der Waals surface area contributed by atoms with Crippen LogP contribution in [0, 0.1) is 0 Å². The first-order chi connectivity index (χ1) is 7.38. The van der Waals surface area contributed by atoms with Crippen LogP contribution < -0.4 is 5.32 Å². The van der Waals surface area contributed by atoms with E-state index in [1.807, 2.05) is 0 Å². The highest BCUT2D eigenvalue weighted by Crippen LogP contribution is 2.25. The van der Waals surface area contributed by atoms with E-state index in [9.17, 15) is 0 Å². The summed E-state index contributed by atoms with van der Waals surface area (Å²) >= 11 is 0. The Morgan fingerprint density at radius 2 is 2.27 bits per heavy atom. The molecule has 2 nitrogen and oxygen atoms in total. The molecule has 0 fully saturated rings. The maximum atomic E-state index is 3.55. The van der Waals surface area contributed by atoms with Crippen molar-refractivity contribution in [2.75, 3.05) is 6.54 Å². The van der Waals surface area contributed by atoms with E-state index in [-0.39, 0.29) is 0 Å². The highest BCUT2D eigenvalue weighted by Gasteiger charge is 2.14. The molecule has 0 aliphatic carbocycles. The number of hydrogen-bond acceptors (Lipinski definition) is 1. The summed E-state index contributed by atoms with van der Waals surface area (Å²) in [6.07, 6.45) is 2.24. The first kappa shape index (κ1) is 8.98. The summed E-state index contributed by atoms with van der Waals surface area (Å²) in [5.41, 5.74) is 5.62. The van der Waals surface area contributed by atoms with Gasteiger partial charge in [-0.05, 0) is 23.6 Å². The zero-order valence-corrected chi connectivity index (χ0v) is 9.06. The van der Waals surface area contributed by atoms with Gasteiger partial charge >= 0.3 is 0 Å². The number of rotatable bonds is 1. The third-order valence-corrected chi connectivity index (χ3v) is 3.32. The lowest BCUT2D eigenvalue weighted by atomic mass is 10.0. The van der Waals surface area contributed by atoms with Gasteiger partial charge in [-0.1, -0.05) is 19.1 Å². The van der Waals surface area contributed by atoms with Crippen LogP contribution in [0.1, 0.15) is 23.7 Å². The number of aryl methyl sites for hydroxylation is 1. The highest BCUT2D eigenvalue weighted by molar-refractivity contribution is 5.85. The van der Waals surface area contributed by atoms with Crippen LogP contribution in [-0.4, -0.2) is 11.5 Å². The summed E-state index contributed by atoms with van der Waals surface area (Å²) in [5, 5.41) is 4.83. The fraction of sp³-hybridized carbons (Fsp3) is 0.385. The molecule has 0 saturated carbocycles. The van der Waals surface area contributed by atoms with Crippen molar-refractivity contribution >= 4 is 10.9 Å². The van der Waals surface area contributed by atoms with Gasteiger partial charge in [0.05, 0.1) is 0 Å². The molecule has 0 spiro atoms. The van der Waals surface area contributed by atoms with Crippen LogP contribution in [0.25, 0.3) is 10.9 Å². The fourth-order valence-electron chi connectivity index (χ4n) is 2.42. The second-order valence-electron chi connectivity index (χ2n) is 4.24. The van der Waals surface area contributed by atoms with Crippen LogP contribution in [0.3, 0.4) is 0 Å². The molecule has 0 saturated heterocycles. The molecule has 1 aromatic carbocycles. The van der Waals surface area contributed by atoms with Crippen molar-refractivity contribution in [3.8, 4) is 0 Å². The molecule has 2 heteroatoms. The number of hydrogen-bond donors (Lipinski definition) is 2. The van der Waals surface area contributed by atoms with Crippen LogP contribution >= 0.6 is 0 Å². The van der Waals surface area contributed by atoms with Gasteiger partial charge < -0.3 is 10.3 Å². The lowest BCUT2D eigenvalue weighted by Crippen LogP contribution is -2.22. The van der Waals surface area contributed by atoms with Gasteiger partial charge in [0.1, 0.15) is 0 Å². The zero-order chi connectivity index (χ0) is 10.3. The molecule has 0 unspecified atom stereocenters. The van der Waals surface area contributed by atoms with Gasteiger partial charge in [-0.3, -0.25) is 0 Å². The van der Waals surface area contributed by atoms with Gasteiger partial charge in [0.25, 0.3) is 0 Å². The lowest BCUT2D eigenvalue weighted by Gasteiger charge is -2.12. The van der Waals surface area contributed by atoms with Gasteiger partial charge in [-0.25, -0.2) is 0 Å². The molecule has 0 bridgehead atoms. The molecule has 0 amide bonds. The monoisotopic (exact) mass is 200 g/mol. The third-order valence-electron chi connectivity index (χ3n) is 3.32. The summed E-state index contributed by atoms with van der Waals surface area (Å²) in [6.45, 7) is 4.31. The minimum Gasteiger partial charge on any atom is -0.358 e. The van der Waals surface area contributed by atoms with E-state index in [4.69, 9.17) is 0 Å². The topological polar surface area (TPSA) is 27.8 Å². The molecule has 2 aromatic rings. The van der Waals surface area contributed by atoms with Crippen molar-refractivity contribution in [1.82, 2.24) is 10.3 Å². The molecular weight excluding hydrogens is 184 g/mol. The SMILES string of the molecule is CCc1ccc2c3c([nH]c2c1)CCNC3. The minimum absolute atomic E-state index is 1.01. The van der Waals surface area contributed by atoms with Crippen LogP contribution in [0.4, 0.5) is 0 Å². The van der Waals surface area contributed by atoms with Gasteiger partial charge in [0.15, 0.2) is 0 Å². The molecule has 0 atom stereocenters. The van der Waals surface area contributed by atoms with Gasteiger partial charge in [0.2, 0.25) is 0 Å². The predicted octanol–water partition coefficient (Wildman–Crippen LogP) is 2.38. The Balaban J connectivity index is 2.22. The van der Waals surface area contributed by atoms with Crippen LogP contribution in [0.5, 0.6) is 0 Å². The quantitative estimate of drug-likeness (QED) is 0.726.